The summed E-state index contributed by atoms with van der Waals surface area (Å²) in [5.41, 5.74) is 0.627. The maximum Gasteiger partial charge on any atom is 0.329 e. The molecule has 1 saturated heterocycles. The number of thioether (sulfide) groups is 1. The first-order valence-electron chi connectivity index (χ1n) is 9.51. The van der Waals surface area contributed by atoms with Gasteiger partial charge in [-0.2, -0.15) is 0 Å². The number of para-hydroxylation sites is 1. The minimum Gasteiger partial charge on any atom is -0.451 e. The third kappa shape index (κ3) is 4.22. The predicted octanol–water partition coefficient (Wildman–Crippen LogP) is 2.62. The molecule has 0 spiro atoms. The lowest BCUT2D eigenvalue weighted by Gasteiger charge is -2.23. The highest BCUT2D eigenvalue weighted by atomic mass is 32.2. The average molecular weight is 416 g/mol. The minimum absolute atomic E-state index is 0.347. The van der Waals surface area contributed by atoms with Crippen LogP contribution in [0.5, 0.6) is 0 Å². The molecule has 1 aliphatic carbocycles. The summed E-state index contributed by atoms with van der Waals surface area (Å²) in [5.74, 6) is -2.78. The van der Waals surface area contributed by atoms with E-state index in [1.807, 2.05) is 30.5 Å². The zero-order valence-corrected chi connectivity index (χ0v) is 17.4. The number of nitrogens with one attached hydrogen (secondary N) is 1. The largest absolute Gasteiger partial charge is 0.451 e. The van der Waals surface area contributed by atoms with E-state index >= 15 is 0 Å². The maximum atomic E-state index is 12.6. The molecule has 0 aromatic heterocycles. The molecule has 2 aliphatic rings. The number of fused-ring (bicyclic) bond motifs is 1. The summed E-state index contributed by atoms with van der Waals surface area (Å²) in [6.45, 7) is 2.91. The van der Waals surface area contributed by atoms with Crippen LogP contribution in [0.25, 0.3) is 0 Å². The average Bonchev–Trinajstić information content (AvgIpc) is 2.98. The number of nitrogens with zero attached hydrogens (tertiary/aromatic N) is 1. The number of esters is 1. The number of likely N-dealkylation sites (tertiary alicyclic amines) is 1. The fourth-order valence-corrected chi connectivity index (χ4v) is 4.18. The van der Waals surface area contributed by atoms with Crippen LogP contribution in [0.4, 0.5) is 5.69 Å². The lowest BCUT2D eigenvalue weighted by Crippen LogP contribution is -2.46. The third-order valence-electron chi connectivity index (χ3n) is 5.30. The van der Waals surface area contributed by atoms with E-state index in [0.29, 0.717) is 18.5 Å². The van der Waals surface area contributed by atoms with Gasteiger partial charge in [-0.05, 0) is 45.1 Å². The van der Waals surface area contributed by atoms with Gasteiger partial charge in [-0.25, -0.2) is 4.79 Å². The monoisotopic (exact) mass is 416 g/mol. The normalized spacial score (nSPS) is 22.8. The highest BCUT2D eigenvalue weighted by Gasteiger charge is 2.50. The fraction of sp³-hybridized carbons (Fsp3) is 0.429. The second kappa shape index (κ2) is 8.82. The maximum absolute atomic E-state index is 12.6. The van der Waals surface area contributed by atoms with Crippen LogP contribution >= 0.6 is 11.8 Å². The summed E-state index contributed by atoms with van der Waals surface area (Å²) in [6, 6.07) is 6.22. The van der Waals surface area contributed by atoms with E-state index in [-0.39, 0.29) is 11.8 Å². The smallest absolute Gasteiger partial charge is 0.329 e. The van der Waals surface area contributed by atoms with Gasteiger partial charge in [-0.15, -0.1) is 11.8 Å². The van der Waals surface area contributed by atoms with Gasteiger partial charge in [0, 0.05) is 4.90 Å². The van der Waals surface area contributed by atoms with E-state index in [0.717, 1.165) is 9.80 Å². The van der Waals surface area contributed by atoms with Gasteiger partial charge < -0.3 is 10.1 Å². The summed E-state index contributed by atoms with van der Waals surface area (Å²) in [7, 11) is 0. The van der Waals surface area contributed by atoms with Crippen LogP contribution in [0.3, 0.4) is 0 Å². The molecule has 0 unspecified atom stereocenters. The van der Waals surface area contributed by atoms with Crippen LogP contribution in [0, 0.1) is 11.8 Å². The van der Waals surface area contributed by atoms with Crippen molar-refractivity contribution in [3.63, 3.8) is 0 Å². The van der Waals surface area contributed by atoms with Crippen molar-refractivity contribution in [1.29, 1.82) is 0 Å². The number of allylic oxidation sites excluding steroid dienone is 2. The van der Waals surface area contributed by atoms with Gasteiger partial charge in [0.15, 0.2) is 6.10 Å². The number of imide groups is 1. The first-order chi connectivity index (χ1) is 13.8. The molecular weight excluding hydrogens is 392 g/mol. The van der Waals surface area contributed by atoms with Gasteiger partial charge in [0.05, 0.1) is 17.5 Å². The molecule has 1 aliphatic heterocycles. The number of hydrogen-bond acceptors (Lipinski definition) is 6. The molecule has 154 valence electrons. The van der Waals surface area contributed by atoms with E-state index in [1.165, 1.54) is 25.6 Å². The number of amides is 3. The van der Waals surface area contributed by atoms with Gasteiger partial charge in [-0.3, -0.25) is 19.3 Å². The SMILES string of the molecule is CSc1ccccc1NC(=O)[C@H](C)OC(=O)[C@@H](C)N1C(=O)[C@H]2CC=CC[C@H]2C1=O. The number of ether oxygens (including phenoxy) is 1. The molecule has 29 heavy (non-hydrogen) atoms. The Balaban J connectivity index is 1.62. The summed E-state index contributed by atoms with van der Waals surface area (Å²) in [6.07, 6.45) is 5.60. The molecule has 0 saturated carbocycles. The molecule has 1 aromatic carbocycles. The molecular formula is C21H24N2O5S. The van der Waals surface area contributed by atoms with Crippen molar-refractivity contribution >= 4 is 41.1 Å². The lowest BCUT2D eigenvalue weighted by atomic mass is 9.85. The third-order valence-corrected chi connectivity index (χ3v) is 6.09. The van der Waals surface area contributed by atoms with E-state index < -0.39 is 35.9 Å². The Kier molecular flexibility index (Phi) is 6.42. The summed E-state index contributed by atoms with van der Waals surface area (Å²) >= 11 is 1.49. The van der Waals surface area contributed by atoms with E-state index in [1.54, 1.807) is 12.1 Å². The van der Waals surface area contributed by atoms with Gasteiger partial charge in [0.25, 0.3) is 5.91 Å². The van der Waals surface area contributed by atoms with Crippen LogP contribution in [0.1, 0.15) is 26.7 Å². The summed E-state index contributed by atoms with van der Waals surface area (Å²) in [4.78, 5) is 52.1. The molecule has 8 heteroatoms. The molecule has 3 rings (SSSR count). The second-order valence-corrected chi connectivity index (χ2v) is 7.99. The number of hydrogen-bond donors (Lipinski definition) is 1. The number of rotatable bonds is 6. The van der Waals surface area contributed by atoms with Gasteiger partial charge in [-0.1, -0.05) is 24.3 Å². The first kappa shape index (κ1) is 21.1. The van der Waals surface area contributed by atoms with Crippen molar-refractivity contribution in [2.75, 3.05) is 11.6 Å². The topological polar surface area (TPSA) is 92.8 Å². The minimum atomic E-state index is -1.07. The predicted molar refractivity (Wildman–Crippen MR) is 109 cm³/mol. The van der Waals surface area contributed by atoms with Crippen molar-refractivity contribution in [2.24, 2.45) is 11.8 Å². The van der Waals surface area contributed by atoms with Crippen molar-refractivity contribution in [1.82, 2.24) is 4.90 Å². The zero-order valence-electron chi connectivity index (χ0n) is 16.6. The van der Waals surface area contributed by atoms with Gasteiger partial charge in [0.2, 0.25) is 11.8 Å². The molecule has 1 aromatic rings. The standard InChI is InChI=1S/C21H24N2O5S/c1-12(23-19(25)14-8-4-5-9-15(14)20(23)26)21(27)28-13(2)18(24)22-16-10-6-7-11-17(16)29-3/h4-7,10-15H,8-9H2,1-3H3,(H,22,24)/t12-,13+,14-,15+/m1/s1. The van der Waals surface area contributed by atoms with E-state index in [9.17, 15) is 19.2 Å². The molecule has 1 fully saturated rings. The quantitative estimate of drug-likeness (QED) is 0.332. The summed E-state index contributed by atoms with van der Waals surface area (Å²) in [5, 5.41) is 2.74. The summed E-state index contributed by atoms with van der Waals surface area (Å²) < 4.78 is 5.26. The lowest BCUT2D eigenvalue weighted by molar-refractivity contribution is -0.163. The van der Waals surface area contributed by atoms with Crippen LogP contribution in [-0.4, -0.2) is 47.0 Å². The van der Waals surface area contributed by atoms with Crippen molar-refractivity contribution < 1.29 is 23.9 Å². The molecule has 3 amide bonds. The highest BCUT2D eigenvalue weighted by molar-refractivity contribution is 7.98. The number of carbonyl (C=O) groups is 4. The number of carbonyl (C=O) groups excluding carboxylic acids is 4. The molecule has 0 bridgehead atoms. The molecule has 1 N–H and O–H groups in total. The molecule has 7 nitrogen and oxygen atoms in total. The Morgan fingerprint density at radius 1 is 1.10 bits per heavy atom. The fourth-order valence-electron chi connectivity index (χ4n) is 3.62. The van der Waals surface area contributed by atoms with Crippen LogP contribution < -0.4 is 5.32 Å². The molecule has 1 heterocycles. The Morgan fingerprint density at radius 3 is 2.28 bits per heavy atom. The highest BCUT2D eigenvalue weighted by Crippen LogP contribution is 2.36. The van der Waals surface area contributed by atoms with Crippen molar-refractivity contribution in [3.05, 3.63) is 36.4 Å². The Morgan fingerprint density at radius 2 is 1.69 bits per heavy atom. The Labute approximate surface area is 173 Å². The number of anilines is 1. The second-order valence-electron chi connectivity index (χ2n) is 7.15. The number of benzene rings is 1. The van der Waals surface area contributed by atoms with E-state index in [2.05, 4.69) is 5.32 Å². The Hall–Kier alpha value is -2.61. The first-order valence-corrected chi connectivity index (χ1v) is 10.7. The van der Waals surface area contributed by atoms with Crippen LogP contribution in [-0.2, 0) is 23.9 Å². The Bertz CT molecular complexity index is 842. The van der Waals surface area contributed by atoms with Gasteiger partial charge >= 0.3 is 5.97 Å². The van der Waals surface area contributed by atoms with Crippen molar-refractivity contribution in [2.45, 2.75) is 43.7 Å². The molecule has 0 radical (unpaired) electrons. The molecule has 4 atom stereocenters. The van der Waals surface area contributed by atoms with E-state index in [4.69, 9.17) is 4.74 Å². The van der Waals surface area contributed by atoms with Gasteiger partial charge in [0.1, 0.15) is 6.04 Å². The van der Waals surface area contributed by atoms with Crippen LogP contribution in [0.15, 0.2) is 41.3 Å². The van der Waals surface area contributed by atoms with Crippen LogP contribution in [0.2, 0.25) is 0 Å². The zero-order chi connectivity index (χ0) is 21.1. The van der Waals surface area contributed by atoms with Crippen molar-refractivity contribution in [3.8, 4) is 0 Å².